The van der Waals surface area contributed by atoms with E-state index in [1.165, 1.54) is 5.56 Å². The molecule has 0 fully saturated rings. The van der Waals surface area contributed by atoms with Crippen LogP contribution in [0.4, 0.5) is 5.69 Å². The molecule has 0 bridgehead atoms. The first kappa shape index (κ1) is 10.7. The zero-order valence-corrected chi connectivity index (χ0v) is 9.15. The lowest BCUT2D eigenvalue weighted by Crippen LogP contribution is -2.32. The highest BCUT2D eigenvalue weighted by molar-refractivity contribution is 5.87. The first-order valence-electron chi connectivity index (χ1n) is 5.42. The number of nitrogens with zero attached hydrogens (tertiary/aromatic N) is 1. The van der Waals surface area contributed by atoms with Gasteiger partial charge < -0.3 is 10.0 Å². The quantitative estimate of drug-likeness (QED) is 0.788. The van der Waals surface area contributed by atoms with E-state index < -0.39 is 5.97 Å². The molecule has 1 aromatic rings. The minimum Gasteiger partial charge on any atom is -0.478 e. The number of carbonyl (C=O) groups is 1. The van der Waals surface area contributed by atoms with Crippen molar-refractivity contribution in [2.24, 2.45) is 0 Å². The van der Waals surface area contributed by atoms with Gasteiger partial charge in [-0.1, -0.05) is 24.8 Å². The van der Waals surface area contributed by atoms with Gasteiger partial charge in [0, 0.05) is 24.4 Å². The minimum atomic E-state index is -0.914. The maximum Gasteiger partial charge on any atom is 0.332 e. The van der Waals surface area contributed by atoms with Crippen LogP contribution in [-0.4, -0.2) is 24.2 Å². The summed E-state index contributed by atoms with van der Waals surface area (Å²) in [7, 11) is 0. The van der Waals surface area contributed by atoms with E-state index in [-0.39, 0.29) is 5.57 Å². The van der Waals surface area contributed by atoms with Crippen LogP contribution in [0, 0.1) is 0 Å². The van der Waals surface area contributed by atoms with Gasteiger partial charge in [-0.05, 0) is 24.5 Å². The van der Waals surface area contributed by atoms with Crippen LogP contribution in [0.2, 0.25) is 0 Å². The molecule has 0 spiro atoms. The van der Waals surface area contributed by atoms with Crippen molar-refractivity contribution in [1.29, 1.82) is 0 Å². The topological polar surface area (TPSA) is 40.5 Å². The van der Waals surface area contributed by atoms with Crippen LogP contribution in [0.25, 0.3) is 0 Å². The molecule has 0 radical (unpaired) electrons. The summed E-state index contributed by atoms with van der Waals surface area (Å²) >= 11 is 0. The first-order valence-corrected chi connectivity index (χ1v) is 5.42. The number of benzene rings is 1. The molecule has 3 nitrogen and oxygen atoms in total. The van der Waals surface area contributed by atoms with Crippen LogP contribution in [0.15, 0.2) is 36.4 Å². The lowest BCUT2D eigenvalue weighted by Gasteiger charge is -2.31. The highest BCUT2D eigenvalue weighted by Crippen LogP contribution is 2.26. The Balaban J connectivity index is 2.19. The second-order valence-electron chi connectivity index (χ2n) is 4.06. The molecule has 3 heteroatoms. The summed E-state index contributed by atoms with van der Waals surface area (Å²) in [4.78, 5) is 12.9. The molecule has 0 saturated carbocycles. The first-order chi connectivity index (χ1) is 7.68. The molecular formula is C13H15NO2. The second kappa shape index (κ2) is 4.39. The molecular weight excluding hydrogens is 202 g/mol. The van der Waals surface area contributed by atoms with E-state index in [4.69, 9.17) is 5.11 Å². The Morgan fingerprint density at radius 1 is 1.44 bits per heavy atom. The van der Waals surface area contributed by atoms with E-state index in [1.807, 2.05) is 18.2 Å². The number of aliphatic carboxylic acids is 1. The average Bonchev–Trinajstić information content (AvgIpc) is 2.29. The Hall–Kier alpha value is -1.77. The third kappa shape index (κ3) is 2.08. The van der Waals surface area contributed by atoms with Crippen molar-refractivity contribution in [2.75, 3.05) is 18.0 Å². The van der Waals surface area contributed by atoms with Crippen molar-refractivity contribution in [3.05, 3.63) is 42.0 Å². The molecule has 0 aliphatic carbocycles. The average molecular weight is 217 g/mol. The fourth-order valence-corrected chi connectivity index (χ4v) is 2.07. The van der Waals surface area contributed by atoms with Crippen LogP contribution in [0.3, 0.4) is 0 Å². The van der Waals surface area contributed by atoms with Crippen molar-refractivity contribution in [1.82, 2.24) is 0 Å². The number of carboxylic acid groups (broad SMARTS) is 1. The summed E-state index contributed by atoms with van der Waals surface area (Å²) in [5.41, 5.74) is 2.69. The van der Waals surface area contributed by atoms with Crippen molar-refractivity contribution in [2.45, 2.75) is 12.8 Å². The van der Waals surface area contributed by atoms with Crippen molar-refractivity contribution in [3.63, 3.8) is 0 Å². The molecule has 1 N–H and O–H groups in total. The van der Waals surface area contributed by atoms with E-state index in [0.717, 1.165) is 25.1 Å². The second-order valence-corrected chi connectivity index (χ2v) is 4.06. The van der Waals surface area contributed by atoms with Gasteiger partial charge in [0.1, 0.15) is 0 Å². The van der Waals surface area contributed by atoms with Gasteiger partial charge in [0.25, 0.3) is 0 Å². The largest absolute Gasteiger partial charge is 0.478 e. The number of fused-ring (bicyclic) bond motifs is 1. The van der Waals surface area contributed by atoms with Crippen molar-refractivity contribution >= 4 is 11.7 Å². The van der Waals surface area contributed by atoms with Crippen LogP contribution in [0.1, 0.15) is 12.0 Å². The van der Waals surface area contributed by atoms with Crippen molar-refractivity contribution in [3.8, 4) is 0 Å². The van der Waals surface area contributed by atoms with E-state index in [1.54, 1.807) is 0 Å². The number of hydrogen-bond acceptors (Lipinski definition) is 2. The predicted molar refractivity (Wildman–Crippen MR) is 63.8 cm³/mol. The third-order valence-corrected chi connectivity index (χ3v) is 2.89. The van der Waals surface area contributed by atoms with Crippen molar-refractivity contribution < 1.29 is 9.90 Å². The van der Waals surface area contributed by atoms with Gasteiger partial charge >= 0.3 is 5.97 Å². The molecule has 2 rings (SSSR count). The third-order valence-electron chi connectivity index (χ3n) is 2.89. The maximum atomic E-state index is 10.8. The van der Waals surface area contributed by atoms with Gasteiger partial charge in [0.2, 0.25) is 0 Å². The molecule has 16 heavy (non-hydrogen) atoms. The SMILES string of the molecule is C=C(CN1CCCc2ccccc21)C(=O)O. The zero-order chi connectivity index (χ0) is 11.5. The lowest BCUT2D eigenvalue weighted by atomic mass is 10.0. The lowest BCUT2D eigenvalue weighted by molar-refractivity contribution is -0.132. The molecule has 0 unspecified atom stereocenters. The summed E-state index contributed by atoms with van der Waals surface area (Å²) in [6.45, 7) is 4.90. The summed E-state index contributed by atoms with van der Waals surface area (Å²) in [6.07, 6.45) is 2.15. The zero-order valence-electron chi connectivity index (χ0n) is 9.15. The Morgan fingerprint density at radius 2 is 2.19 bits per heavy atom. The molecule has 1 aliphatic rings. The molecule has 1 aliphatic heterocycles. The maximum absolute atomic E-state index is 10.8. The monoisotopic (exact) mass is 217 g/mol. The molecule has 0 atom stereocenters. The highest BCUT2D eigenvalue weighted by atomic mass is 16.4. The summed E-state index contributed by atoms with van der Waals surface area (Å²) in [5, 5.41) is 8.83. The van der Waals surface area contributed by atoms with Crippen LogP contribution < -0.4 is 4.90 Å². The number of anilines is 1. The fourth-order valence-electron chi connectivity index (χ4n) is 2.07. The summed E-state index contributed by atoms with van der Waals surface area (Å²) in [5.74, 6) is -0.914. The number of para-hydroxylation sites is 1. The van der Waals surface area contributed by atoms with Gasteiger partial charge in [-0.25, -0.2) is 4.79 Å². The Labute approximate surface area is 95.0 Å². The number of rotatable bonds is 3. The summed E-state index contributed by atoms with van der Waals surface area (Å²) in [6, 6.07) is 8.16. The molecule has 84 valence electrons. The fraction of sp³-hybridized carbons (Fsp3) is 0.308. The van der Waals surface area contributed by atoms with Crippen LogP contribution in [0.5, 0.6) is 0 Å². The van der Waals surface area contributed by atoms with Gasteiger partial charge in [0.05, 0.1) is 0 Å². The van der Waals surface area contributed by atoms with E-state index in [0.29, 0.717) is 6.54 Å². The normalized spacial score (nSPS) is 14.4. The van der Waals surface area contributed by atoms with E-state index in [9.17, 15) is 4.79 Å². The molecule has 0 saturated heterocycles. The Bertz CT molecular complexity index is 426. The number of hydrogen-bond donors (Lipinski definition) is 1. The molecule has 1 aromatic carbocycles. The van der Waals surface area contributed by atoms with Crippen LogP contribution >= 0.6 is 0 Å². The number of aryl methyl sites for hydroxylation is 1. The van der Waals surface area contributed by atoms with E-state index in [2.05, 4.69) is 17.5 Å². The van der Waals surface area contributed by atoms with Gasteiger partial charge in [-0.2, -0.15) is 0 Å². The highest BCUT2D eigenvalue weighted by Gasteiger charge is 2.18. The molecule has 0 amide bonds. The summed E-state index contributed by atoms with van der Waals surface area (Å²) < 4.78 is 0. The predicted octanol–water partition coefficient (Wildman–Crippen LogP) is 2.08. The Morgan fingerprint density at radius 3 is 2.94 bits per heavy atom. The van der Waals surface area contributed by atoms with Gasteiger partial charge in [0.15, 0.2) is 0 Å². The smallest absolute Gasteiger partial charge is 0.332 e. The van der Waals surface area contributed by atoms with Gasteiger partial charge in [-0.15, -0.1) is 0 Å². The number of carboxylic acids is 1. The molecule has 1 heterocycles. The van der Waals surface area contributed by atoms with Crippen LogP contribution in [-0.2, 0) is 11.2 Å². The standard InChI is InChI=1S/C13H15NO2/c1-10(13(15)16)9-14-8-4-6-11-5-2-3-7-12(11)14/h2-3,5,7H,1,4,6,8-9H2,(H,15,16). The Kier molecular flexibility index (Phi) is 2.95. The minimum absolute atomic E-state index is 0.247. The molecule has 0 aromatic heterocycles. The van der Waals surface area contributed by atoms with E-state index >= 15 is 0 Å². The van der Waals surface area contributed by atoms with Gasteiger partial charge in [-0.3, -0.25) is 0 Å².